The molecule has 0 bridgehead atoms. The normalized spacial score (nSPS) is 12.0. The SMILES string of the molecule is C=C(C)c1cc(NC(=O)C(C)(C)S(=O)(=O)c2ccc(F)cc2)n(C)n1. The lowest BCUT2D eigenvalue weighted by Crippen LogP contribution is -2.44. The average Bonchev–Trinajstić information content (AvgIpc) is 2.88. The number of rotatable bonds is 5. The van der Waals surface area contributed by atoms with Gasteiger partial charge in [-0.3, -0.25) is 9.48 Å². The number of benzene rings is 1. The number of carbonyl (C=O) groups is 1. The summed E-state index contributed by atoms with van der Waals surface area (Å²) in [5.74, 6) is -0.915. The lowest BCUT2D eigenvalue weighted by atomic mass is 10.2. The minimum Gasteiger partial charge on any atom is -0.310 e. The van der Waals surface area contributed by atoms with E-state index in [-0.39, 0.29) is 4.90 Å². The van der Waals surface area contributed by atoms with E-state index in [4.69, 9.17) is 0 Å². The first-order valence-electron chi connectivity index (χ1n) is 7.48. The molecule has 0 saturated heterocycles. The quantitative estimate of drug-likeness (QED) is 0.826. The highest BCUT2D eigenvalue weighted by Gasteiger charge is 2.43. The maximum absolute atomic E-state index is 13.0. The second kappa shape index (κ2) is 6.44. The molecule has 8 heteroatoms. The topological polar surface area (TPSA) is 81.1 Å². The van der Waals surface area contributed by atoms with Crippen molar-refractivity contribution in [3.8, 4) is 0 Å². The van der Waals surface area contributed by atoms with Crippen LogP contribution in [0.3, 0.4) is 0 Å². The zero-order valence-corrected chi connectivity index (χ0v) is 15.3. The first kappa shape index (κ1) is 18.9. The molecule has 0 atom stereocenters. The number of hydrogen-bond donors (Lipinski definition) is 1. The first-order valence-corrected chi connectivity index (χ1v) is 8.96. The predicted octanol–water partition coefficient (Wildman–Crippen LogP) is 2.78. The molecular weight excluding hydrogens is 345 g/mol. The van der Waals surface area contributed by atoms with Gasteiger partial charge in [-0.25, -0.2) is 12.8 Å². The number of nitrogens with one attached hydrogen (secondary N) is 1. The molecule has 0 fully saturated rings. The number of sulfone groups is 1. The van der Waals surface area contributed by atoms with Crippen LogP contribution < -0.4 is 5.32 Å². The third-order valence-corrected chi connectivity index (χ3v) is 6.32. The van der Waals surface area contributed by atoms with Gasteiger partial charge in [-0.1, -0.05) is 6.58 Å². The van der Waals surface area contributed by atoms with Gasteiger partial charge in [0, 0.05) is 13.1 Å². The molecule has 0 aliphatic heterocycles. The van der Waals surface area contributed by atoms with Crippen LogP contribution in [0.1, 0.15) is 26.5 Å². The molecule has 0 unspecified atom stereocenters. The summed E-state index contributed by atoms with van der Waals surface area (Å²) in [5.41, 5.74) is 1.31. The van der Waals surface area contributed by atoms with Crippen molar-refractivity contribution in [3.63, 3.8) is 0 Å². The highest BCUT2D eigenvalue weighted by Crippen LogP contribution is 2.27. The van der Waals surface area contributed by atoms with E-state index in [0.29, 0.717) is 17.1 Å². The molecule has 1 amide bonds. The summed E-state index contributed by atoms with van der Waals surface area (Å²) < 4.78 is 38.3. The van der Waals surface area contributed by atoms with Crippen LogP contribution in [-0.2, 0) is 21.7 Å². The molecule has 0 aliphatic carbocycles. The Morgan fingerprint density at radius 1 is 1.28 bits per heavy atom. The Morgan fingerprint density at radius 3 is 2.32 bits per heavy atom. The largest absolute Gasteiger partial charge is 0.310 e. The minimum atomic E-state index is -4.02. The molecule has 1 heterocycles. The number of aromatic nitrogens is 2. The zero-order chi connectivity index (χ0) is 19.0. The van der Waals surface area contributed by atoms with E-state index in [1.54, 1.807) is 20.0 Å². The maximum Gasteiger partial charge on any atom is 0.246 e. The molecule has 1 aromatic carbocycles. The number of allylic oxidation sites excluding steroid dienone is 1. The monoisotopic (exact) mass is 365 g/mol. The minimum absolute atomic E-state index is 0.123. The molecule has 0 saturated carbocycles. The Morgan fingerprint density at radius 2 is 1.84 bits per heavy atom. The van der Waals surface area contributed by atoms with E-state index in [1.807, 2.05) is 0 Å². The van der Waals surface area contributed by atoms with Gasteiger partial charge >= 0.3 is 0 Å². The molecule has 25 heavy (non-hydrogen) atoms. The molecule has 1 aromatic heterocycles. The molecular formula is C17H20FN3O3S. The second-order valence-electron chi connectivity index (χ2n) is 6.24. The van der Waals surface area contributed by atoms with Gasteiger partial charge in [0.1, 0.15) is 16.4 Å². The van der Waals surface area contributed by atoms with Crippen LogP contribution in [0, 0.1) is 5.82 Å². The van der Waals surface area contributed by atoms with E-state index < -0.39 is 26.3 Å². The Labute approximate surface area is 146 Å². The summed E-state index contributed by atoms with van der Waals surface area (Å²) >= 11 is 0. The Kier molecular flexibility index (Phi) is 4.85. The first-order chi connectivity index (χ1) is 11.5. The van der Waals surface area contributed by atoms with Crippen LogP contribution >= 0.6 is 0 Å². The van der Waals surface area contributed by atoms with Crippen molar-refractivity contribution in [1.82, 2.24) is 9.78 Å². The molecule has 0 radical (unpaired) electrons. The van der Waals surface area contributed by atoms with E-state index in [1.165, 1.54) is 18.5 Å². The van der Waals surface area contributed by atoms with Crippen molar-refractivity contribution in [2.45, 2.75) is 30.4 Å². The van der Waals surface area contributed by atoms with Gasteiger partial charge in [0.25, 0.3) is 0 Å². The fourth-order valence-corrected chi connectivity index (χ4v) is 3.47. The van der Waals surface area contributed by atoms with E-state index in [9.17, 15) is 17.6 Å². The van der Waals surface area contributed by atoms with Crippen LogP contribution in [-0.4, -0.2) is 28.9 Å². The number of hydrogen-bond acceptors (Lipinski definition) is 4. The Balaban J connectivity index is 2.33. The van der Waals surface area contributed by atoms with Crippen molar-refractivity contribution in [2.24, 2.45) is 7.05 Å². The summed E-state index contributed by atoms with van der Waals surface area (Å²) in [6, 6.07) is 5.98. The van der Waals surface area contributed by atoms with Gasteiger partial charge in [0.2, 0.25) is 5.91 Å². The molecule has 6 nitrogen and oxygen atoms in total. The van der Waals surface area contributed by atoms with Crippen molar-refractivity contribution in [1.29, 1.82) is 0 Å². The number of nitrogens with zero attached hydrogens (tertiary/aromatic N) is 2. The Bertz CT molecular complexity index is 929. The molecule has 0 spiro atoms. The standard InChI is InChI=1S/C17H20FN3O3S/c1-11(2)14-10-15(21(5)20-14)19-16(22)17(3,4)25(23,24)13-8-6-12(18)7-9-13/h6-10H,1H2,2-5H3,(H,19,22). The lowest BCUT2D eigenvalue weighted by molar-refractivity contribution is -0.117. The average molecular weight is 365 g/mol. The van der Waals surface area contributed by atoms with Crippen molar-refractivity contribution in [3.05, 3.63) is 48.4 Å². The van der Waals surface area contributed by atoms with Crippen LogP contribution in [0.2, 0.25) is 0 Å². The van der Waals surface area contributed by atoms with Crippen LogP contribution in [0.15, 0.2) is 41.8 Å². The third kappa shape index (κ3) is 3.48. The van der Waals surface area contributed by atoms with E-state index in [0.717, 1.165) is 24.3 Å². The number of anilines is 1. The van der Waals surface area contributed by atoms with Gasteiger partial charge in [-0.05, 0) is 50.6 Å². The zero-order valence-electron chi connectivity index (χ0n) is 14.5. The lowest BCUT2D eigenvalue weighted by Gasteiger charge is -2.23. The van der Waals surface area contributed by atoms with E-state index >= 15 is 0 Å². The van der Waals surface area contributed by atoms with Crippen LogP contribution in [0.25, 0.3) is 5.57 Å². The third-order valence-electron chi connectivity index (χ3n) is 3.90. The van der Waals surface area contributed by atoms with E-state index in [2.05, 4.69) is 17.0 Å². The maximum atomic E-state index is 13.0. The summed E-state index contributed by atoms with van der Waals surface area (Å²) in [6.07, 6.45) is 0. The molecule has 134 valence electrons. The highest BCUT2D eigenvalue weighted by molar-refractivity contribution is 7.93. The van der Waals surface area contributed by atoms with Crippen molar-refractivity contribution >= 4 is 27.1 Å². The van der Waals surface area contributed by atoms with Gasteiger partial charge < -0.3 is 5.32 Å². The van der Waals surface area contributed by atoms with Gasteiger partial charge in [0.05, 0.1) is 10.6 Å². The summed E-state index contributed by atoms with van der Waals surface area (Å²) in [4.78, 5) is 12.5. The summed E-state index contributed by atoms with van der Waals surface area (Å²) in [6.45, 7) is 8.16. The smallest absolute Gasteiger partial charge is 0.246 e. The number of halogens is 1. The fraction of sp³-hybridized carbons (Fsp3) is 0.294. The second-order valence-corrected chi connectivity index (χ2v) is 8.74. The summed E-state index contributed by atoms with van der Waals surface area (Å²) in [5, 5.41) is 6.77. The highest BCUT2D eigenvalue weighted by atomic mass is 32.2. The Hall–Kier alpha value is -2.48. The van der Waals surface area contributed by atoms with Crippen LogP contribution in [0.5, 0.6) is 0 Å². The molecule has 2 rings (SSSR count). The number of aryl methyl sites for hydroxylation is 1. The predicted molar refractivity (Wildman–Crippen MR) is 94.2 cm³/mol. The van der Waals surface area contributed by atoms with Gasteiger partial charge in [0.15, 0.2) is 9.84 Å². The number of carbonyl (C=O) groups excluding carboxylic acids is 1. The number of amides is 1. The molecule has 1 N–H and O–H groups in total. The van der Waals surface area contributed by atoms with Gasteiger partial charge in [-0.15, -0.1) is 0 Å². The van der Waals surface area contributed by atoms with Crippen molar-refractivity contribution in [2.75, 3.05) is 5.32 Å². The molecule has 0 aliphatic rings. The van der Waals surface area contributed by atoms with Crippen molar-refractivity contribution < 1.29 is 17.6 Å². The summed E-state index contributed by atoms with van der Waals surface area (Å²) in [7, 11) is -2.39. The van der Waals surface area contributed by atoms with Gasteiger partial charge in [-0.2, -0.15) is 5.10 Å². The molecule has 2 aromatic rings. The van der Waals surface area contributed by atoms with Crippen LogP contribution in [0.4, 0.5) is 10.2 Å². The fourth-order valence-electron chi connectivity index (χ4n) is 2.09.